The van der Waals surface area contributed by atoms with E-state index in [2.05, 4.69) is 27.4 Å². The van der Waals surface area contributed by atoms with Gasteiger partial charge in [-0.3, -0.25) is 4.90 Å². The Morgan fingerprint density at radius 1 is 1.32 bits per heavy atom. The second kappa shape index (κ2) is 6.04. The Hall–Kier alpha value is -0.900. The van der Waals surface area contributed by atoms with Crippen LogP contribution < -0.4 is 0 Å². The number of rotatable bonds is 3. The molecule has 1 unspecified atom stereocenters. The molecule has 0 aliphatic carbocycles. The van der Waals surface area contributed by atoms with E-state index in [-0.39, 0.29) is 0 Å². The van der Waals surface area contributed by atoms with Crippen LogP contribution >= 0.6 is 22.9 Å². The lowest BCUT2D eigenvalue weighted by atomic mass is 9.90. The molecule has 3 rings (SSSR count). The number of piperidine rings is 1. The second-order valence-corrected chi connectivity index (χ2v) is 6.26. The first kappa shape index (κ1) is 13.1. The van der Waals surface area contributed by atoms with Gasteiger partial charge in [0.2, 0.25) is 0 Å². The van der Waals surface area contributed by atoms with Crippen LogP contribution in [0, 0.1) is 0 Å². The number of benzene rings is 1. The highest BCUT2D eigenvalue weighted by atomic mass is 35.5. The fourth-order valence-electron chi connectivity index (χ4n) is 2.75. The monoisotopic (exact) mass is 292 g/mol. The van der Waals surface area contributed by atoms with Gasteiger partial charge in [-0.2, -0.15) is 0 Å². The van der Waals surface area contributed by atoms with Crippen LogP contribution in [0.4, 0.5) is 0 Å². The fraction of sp³-hybridized carbons (Fsp3) is 0.400. The highest BCUT2D eigenvalue weighted by Crippen LogP contribution is 2.28. The summed E-state index contributed by atoms with van der Waals surface area (Å²) in [6.45, 7) is 3.29. The molecule has 1 saturated heterocycles. The third kappa shape index (κ3) is 3.35. The van der Waals surface area contributed by atoms with E-state index in [0.29, 0.717) is 5.92 Å². The number of aromatic nitrogens is 1. The van der Waals surface area contributed by atoms with Gasteiger partial charge in [0.1, 0.15) is 0 Å². The van der Waals surface area contributed by atoms with Gasteiger partial charge in [-0.15, -0.1) is 11.3 Å². The average molecular weight is 293 g/mol. The number of likely N-dealkylation sites (tertiary alicyclic amines) is 1. The van der Waals surface area contributed by atoms with Gasteiger partial charge in [-0.1, -0.05) is 23.7 Å². The minimum atomic E-state index is 0.629. The standard InChI is InChI=1S/C15H17ClN2S/c16-14-5-3-12(4-6-14)13-2-1-7-18(8-13)9-15-10-19-11-17-15/h3-6,10-11,13H,1-2,7-9H2. The minimum absolute atomic E-state index is 0.629. The molecule has 0 N–H and O–H groups in total. The molecular weight excluding hydrogens is 276 g/mol. The van der Waals surface area contributed by atoms with Crippen LogP contribution in [0.3, 0.4) is 0 Å². The first-order valence-electron chi connectivity index (χ1n) is 6.66. The van der Waals surface area contributed by atoms with Crippen LogP contribution in [0.15, 0.2) is 35.2 Å². The Bertz CT molecular complexity index is 509. The lowest BCUT2D eigenvalue weighted by Gasteiger charge is -2.32. The van der Waals surface area contributed by atoms with Gasteiger partial charge < -0.3 is 0 Å². The molecule has 0 radical (unpaired) electrons. The van der Waals surface area contributed by atoms with E-state index in [1.54, 1.807) is 11.3 Å². The number of thiazole rings is 1. The van der Waals surface area contributed by atoms with E-state index >= 15 is 0 Å². The summed E-state index contributed by atoms with van der Waals surface area (Å²) in [6, 6.07) is 8.32. The summed E-state index contributed by atoms with van der Waals surface area (Å²) >= 11 is 7.63. The molecule has 1 aromatic carbocycles. The summed E-state index contributed by atoms with van der Waals surface area (Å²) in [5, 5.41) is 2.96. The summed E-state index contributed by atoms with van der Waals surface area (Å²) in [5.41, 5.74) is 4.52. The fourth-order valence-corrected chi connectivity index (χ4v) is 3.43. The molecule has 0 spiro atoms. The largest absolute Gasteiger partial charge is 0.297 e. The quantitative estimate of drug-likeness (QED) is 0.844. The van der Waals surface area contributed by atoms with Gasteiger partial charge in [0, 0.05) is 23.5 Å². The van der Waals surface area contributed by atoms with E-state index in [9.17, 15) is 0 Å². The molecule has 0 amide bonds. The van der Waals surface area contributed by atoms with Crippen LogP contribution in [0.2, 0.25) is 5.02 Å². The zero-order valence-corrected chi connectivity index (χ0v) is 12.3. The molecule has 1 aliphatic rings. The number of hydrogen-bond acceptors (Lipinski definition) is 3. The molecule has 0 bridgehead atoms. The maximum atomic E-state index is 5.96. The Morgan fingerprint density at radius 2 is 2.16 bits per heavy atom. The van der Waals surface area contributed by atoms with Crippen molar-refractivity contribution in [2.45, 2.75) is 25.3 Å². The van der Waals surface area contributed by atoms with Gasteiger partial charge in [0.15, 0.2) is 0 Å². The predicted molar refractivity (Wildman–Crippen MR) is 80.8 cm³/mol. The van der Waals surface area contributed by atoms with Crippen LogP contribution in [0.25, 0.3) is 0 Å². The normalized spacial score (nSPS) is 20.6. The van der Waals surface area contributed by atoms with Gasteiger partial charge in [-0.25, -0.2) is 4.98 Å². The van der Waals surface area contributed by atoms with Gasteiger partial charge in [0.25, 0.3) is 0 Å². The van der Waals surface area contributed by atoms with Crippen LogP contribution in [0.5, 0.6) is 0 Å². The molecule has 0 saturated carbocycles. The Kier molecular flexibility index (Phi) is 4.16. The maximum Gasteiger partial charge on any atom is 0.0795 e. The van der Waals surface area contributed by atoms with Crippen molar-refractivity contribution in [3.05, 3.63) is 51.4 Å². The molecule has 1 atom stereocenters. The Morgan fingerprint density at radius 3 is 2.89 bits per heavy atom. The molecule has 2 aromatic rings. The summed E-state index contributed by atoms with van der Waals surface area (Å²) in [6.07, 6.45) is 2.53. The number of halogens is 1. The highest BCUT2D eigenvalue weighted by molar-refractivity contribution is 7.07. The van der Waals surface area contributed by atoms with E-state index in [4.69, 9.17) is 11.6 Å². The van der Waals surface area contributed by atoms with Crippen molar-refractivity contribution in [3.8, 4) is 0 Å². The number of nitrogens with zero attached hydrogens (tertiary/aromatic N) is 2. The highest BCUT2D eigenvalue weighted by Gasteiger charge is 2.21. The zero-order chi connectivity index (χ0) is 13.1. The predicted octanol–water partition coefficient (Wildman–Crippen LogP) is 4.18. The summed E-state index contributed by atoms with van der Waals surface area (Å²) in [5.74, 6) is 0.629. The van der Waals surface area contributed by atoms with E-state index in [0.717, 1.165) is 18.1 Å². The van der Waals surface area contributed by atoms with E-state index < -0.39 is 0 Å². The molecule has 2 heterocycles. The van der Waals surface area contributed by atoms with Crippen LogP contribution in [-0.2, 0) is 6.54 Å². The SMILES string of the molecule is Clc1ccc(C2CCCN(Cc3cscn3)C2)cc1. The lowest BCUT2D eigenvalue weighted by molar-refractivity contribution is 0.198. The molecular formula is C15H17ClN2S. The maximum absolute atomic E-state index is 5.96. The molecule has 4 heteroatoms. The van der Waals surface area contributed by atoms with Crippen LogP contribution in [-0.4, -0.2) is 23.0 Å². The zero-order valence-electron chi connectivity index (χ0n) is 10.8. The minimum Gasteiger partial charge on any atom is -0.297 e. The van der Waals surface area contributed by atoms with E-state index in [1.165, 1.54) is 30.6 Å². The summed E-state index contributed by atoms with van der Waals surface area (Å²) < 4.78 is 0. The van der Waals surface area contributed by atoms with Crippen molar-refractivity contribution >= 4 is 22.9 Å². The molecule has 2 nitrogen and oxygen atoms in total. The van der Waals surface area contributed by atoms with Crippen molar-refractivity contribution < 1.29 is 0 Å². The Balaban J connectivity index is 1.66. The van der Waals surface area contributed by atoms with Crippen molar-refractivity contribution in [2.24, 2.45) is 0 Å². The average Bonchev–Trinajstić information content (AvgIpc) is 2.93. The number of hydrogen-bond donors (Lipinski definition) is 0. The third-order valence-electron chi connectivity index (χ3n) is 3.72. The topological polar surface area (TPSA) is 16.1 Å². The second-order valence-electron chi connectivity index (χ2n) is 5.11. The lowest BCUT2D eigenvalue weighted by Crippen LogP contribution is -2.33. The molecule has 1 fully saturated rings. The van der Waals surface area contributed by atoms with Gasteiger partial charge >= 0.3 is 0 Å². The summed E-state index contributed by atoms with van der Waals surface area (Å²) in [7, 11) is 0. The molecule has 100 valence electrons. The van der Waals surface area contributed by atoms with Crippen molar-refractivity contribution in [1.29, 1.82) is 0 Å². The van der Waals surface area contributed by atoms with Crippen LogP contribution in [0.1, 0.15) is 30.0 Å². The molecule has 19 heavy (non-hydrogen) atoms. The third-order valence-corrected chi connectivity index (χ3v) is 4.60. The smallest absolute Gasteiger partial charge is 0.0795 e. The van der Waals surface area contributed by atoms with Gasteiger partial charge in [0.05, 0.1) is 11.2 Å². The Labute approximate surface area is 123 Å². The summed E-state index contributed by atoms with van der Waals surface area (Å²) in [4.78, 5) is 6.89. The van der Waals surface area contributed by atoms with Crippen molar-refractivity contribution in [2.75, 3.05) is 13.1 Å². The molecule has 1 aliphatic heterocycles. The van der Waals surface area contributed by atoms with Crippen molar-refractivity contribution in [3.63, 3.8) is 0 Å². The van der Waals surface area contributed by atoms with Gasteiger partial charge in [-0.05, 0) is 43.0 Å². The van der Waals surface area contributed by atoms with Crippen molar-refractivity contribution in [1.82, 2.24) is 9.88 Å². The first-order valence-corrected chi connectivity index (χ1v) is 7.98. The molecule has 1 aromatic heterocycles. The van der Waals surface area contributed by atoms with E-state index in [1.807, 2.05) is 17.6 Å². The first-order chi connectivity index (χ1) is 9.31.